The Hall–Kier alpha value is -1.12. The third-order valence-electron chi connectivity index (χ3n) is 2.75. The predicted octanol–water partition coefficient (Wildman–Crippen LogP) is 0.220. The molecule has 0 heterocycles. The van der Waals surface area contributed by atoms with Crippen molar-refractivity contribution < 1.29 is 17.5 Å². The Balaban J connectivity index is 0.00000162. The van der Waals surface area contributed by atoms with Crippen molar-refractivity contribution in [3.05, 3.63) is 65.2 Å². The number of hydrogen-bond donors (Lipinski definition) is 1. The van der Waals surface area contributed by atoms with E-state index in [1.165, 1.54) is 28.5 Å². The van der Waals surface area contributed by atoms with Crippen LogP contribution in [0.25, 0.3) is 0 Å². The van der Waals surface area contributed by atoms with Crippen LogP contribution in [0.5, 0.6) is 5.75 Å². The summed E-state index contributed by atoms with van der Waals surface area (Å²) in [5.41, 5.74) is 3.87. The molecule has 0 aromatic heterocycles. The van der Waals surface area contributed by atoms with Crippen molar-refractivity contribution in [3.63, 3.8) is 0 Å². The van der Waals surface area contributed by atoms with Gasteiger partial charge in [-0.05, 0) is 36.4 Å². The summed E-state index contributed by atoms with van der Waals surface area (Å²) in [5, 5.41) is 9.34. The summed E-state index contributed by atoms with van der Waals surface area (Å²) >= 11 is 1.40. The number of benzene rings is 2. The molecule has 18 heavy (non-hydrogen) atoms. The van der Waals surface area contributed by atoms with Crippen LogP contribution < -0.4 is 12.4 Å². The van der Waals surface area contributed by atoms with E-state index in [0.29, 0.717) is 5.75 Å². The summed E-state index contributed by atoms with van der Waals surface area (Å²) in [6.45, 7) is 2.05. The van der Waals surface area contributed by atoms with Gasteiger partial charge in [-0.25, -0.2) is 0 Å². The number of hydrogen-bond acceptors (Lipinski definition) is 1. The topological polar surface area (TPSA) is 20.2 Å². The fourth-order valence-electron chi connectivity index (χ4n) is 1.75. The quantitative estimate of drug-likeness (QED) is 0.628. The van der Waals surface area contributed by atoms with Gasteiger partial charge in [0.1, 0.15) is 17.3 Å². The molecule has 1 nitrogen and oxygen atoms in total. The van der Waals surface area contributed by atoms with Crippen LogP contribution in [-0.2, 0) is 23.3 Å². The lowest BCUT2D eigenvalue weighted by Crippen LogP contribution is -3.00. The fourth-order valence-corrected chi connectivity index (χ4v) is 2.92. The molecule has 2 aromatic carbocycles. The number of halogens is 1. The predicted molar refractivity (Wildman–Crippen MR) is 75.5 cm³/mol. The molecule has 0 radical (unpaired) electrons. The minimum absolute atomic E-state index is 0. The van der Waals surface area contributed by atoms with E-state index in [2.05, 4.69) is 24.3 Å². The first-order chi connectivity index (χ1) is 8.25. The molecule has 0 aliphatic heterocycles. The fraction of sp³-hybridized carbons (Fsp3) is 0.200. The lowest BCUT2D eigenvalue weighted by molar-refractivity contribution is -0.00000456. The number of aryl methyl sites for hydroxylation is 1. The van der Waals surface area contributed by atoms with Gasteiger partial charge in [-0.2, -0.15) is 0 Å². The standard InChI is InChI=1S/C15H16OS.ClH/c1-12-9-15(16)8-7-14(12)11-17-10-13-5-3-2-4-6-13;/h2-9,16H,10-11H2,1H3;1H. The highest BCUT2D eigenvalue weighted by atomic mass is 35.5. The Morgan fingerprint density at radius 1 is 1.00 bits per heavy atom. The molecule has 2 aromatic rings. The van der Waals surface area contributed by atoms with E-state index in [4.69, 9.17) is 0 Å². The maximum absolute atomic E-state index is 9.34. The molecule has 0 atom stereocenters. The van der Waals surface area contributed by atoms with Crippen molar-refractivity contribution in [1.29, 1.82) is 0 Å². The molecule has 0 saturated heterocycles. The van der Waals surface area contributed by atoms with Crippen LogP contribution in [0.4, 0.5) is 0 Å². The van der Waals surface area contributed by atoms with Gasteiger partial charge >= 0.3 is 0 Å². The van der Waals surface area contributed by atoms with Gasteiger partial charge in [-0.15, -0.1) is 0 Å². The van der Waals surface area contributed by atoms with Crippen LogP contribution in [0.3, 0.4) is 0 Å². The van der Waals surface area contributed by atoms with Crippen LogP contribution in [-0.4, -0.2) is 5.11 Å². The number of phenols is 1. The first kappa shape index (κ1) is 14.9. The summed E-state index contributed by atoms with van der Waals surface area (Å²) in [7, 11) is 0. The normalized spacial score (nSPS) is 9.83. The van der Waals surface area contributed by atoms with E-state index in [1.54, 1.807) is 6.07 Å². The molecule has 0 spiro atoms. The van der Waals surface area contributed by atoms with Crippen LogP contribution in [0.2, 0.25) is 0 Å². The molecule has 0 fully saturated rings. The van der Waals surface area contributed by atoms with Crippen LogP contribution >= 0.6 is 0 Å². The number of aromatic hydroxyl groups is 1. The molecule has 0 saturated carbocycles. The molecular weight excluding hydrogens is 264 g/mol. The molecule has 96 valence electrons. The Kier molecular flexibility index (Phi) is 6.10. The van der Waals surface area contributed by atoms with E-state index in [9.17, 15) is 5.11 Å². The lowest BCUT2D eigenvalue weighted by atomic mass is 10.1. The second-order valence-corrected chi connectivity index (χ2v) is 5.22. The second-order valence-electron chi connectivity index (χ2n) is 4.14. The molecule has 0 bridgehead atoms. The summed E-state index contributed by atoms with van der Waals surface area (Å²) in [4.78, 5) is 0. The molecular formula is C15H17ClOS. The first-order valence-electron chi connectivity index (χ1n) is 5.71. The minimum Gasteiger partial charge on any atom is -1.00 e. The van der Waals surface area contributed by atoms with E-state index in [1.807, 2.05) is 25.1 Å². The van der Waals surface area contributed by atoms with Gasteiger partial charge in [0.05, 0.1) is 0 Å². The summed E-state index contributed by atoms with van der Waals surface area (Å²) in [6.07, 6.45) is 0. The smallest absolute Gasteiger partial charge is 0.131 e. The average Bonchev–Trinajstić information content (AvgIpc) is 2.33. The molecule has 0 aliphatic rings. The molecule has 0 amide bonds. The molecule has 1 N–H and O–H groups in total. The highest BCUT2D eigenvalue weighted by Crippen LogP contribution is 2.17. The Morgan fingerprint density at radius 2 is 1.72 bits per heavy atom. The van der Waals surface area contributed by atoms with E-state index in [-0.39, 0.29) is 12.4 Å². The molecule has 0 aliphatic carbocycles. The van der Waals surface area contributed by atoms with Crippen LogP contribution in [0, 0.1) is 6.92 Å². The van der Waals surface area contributed by atoms with Gasteiger partial charge in [0.2, 0.25) is 0 Å². The maximum atomic E-state index is 9.34. The molecule has 3 heteroatoms. The Bertz CT molecular complexity index is 485. The third-order valence-corrected chi connectivity index (χ3v) is 3.90. The van der Waals surface area contributed by atoms with Gasteiger partial charge in [0.15, 0.2) is 0 Å². The third kappa shape index (κ3) is 4.28. The van der Waals surface area contributed by atoms with Crippen molar-refractivity contribution in [2.75, 3.05) is 0 Å². The Morgan fingerprint density at radius 3 is 2.39 bits per heavy atom. The minimum atomic E-state index is 0. The van der Waals surface area contributed by atoms with Crippen LogP contribution in [0.1, 0.15) is 16.7 Å². The highest BCUT2D eigenvalue weighted by Gasteiger charge is 2.05. The van der Waals surface area contributed by atoms with Crippen molar-refractivity contribution in [2.24, 2.45) is 0 Å². The monoisotopic (exact) mass is 280 g/mol. The van der Waals surface area contributed by atoms with E-state index < -0.39 is 0 Å². The van der Waals surface area contributed by atoms with Gasteiger partial charge in [0, 0.05) is 11.1 Å². The zero-order valence-electron chi connectivity index (χ0n) is 10.3. The van der Waals surface area contributed by atoms with Gasteiger partial charge in [-0.3, -0.25) is 0 Å². The highest BCUT2D eigenvalue weighted by molar-refractivity contribution is 7.76. The second kappa shape index (κ2) is 7.34. The van der Waals surface area contributed by atoms with Gasteiger partial charge in [0.25, 0.3) is 0 Å². The summed E-state index contributed by atoms with van der Waals surface area (Å²) in [6, 6.07) is 16.1. The zero-order chi connectivity index (χ0) is 12.1. The summed E-state index contributed by atoms with van der Waals surface area (Å²) in [5.74, 6) is 2.48. The van der Waals surface area contributed by atoms with Crippen LogP contribution in [0.15, 0.2) is 48.5 Å². The SMILES string of the molecule is Cc1cc(O)ccc1C[SH+]Cc1ccccc1.[Cl-]. The van der Waals surface area contributed by atoms with E-state index >= 15 is 0 Å². The number of rotatable bonds is 4. The van der Waals surface area contributed by atoms with Gasteiger partial charge in [-0.1, -0.05) is 36.4 Å². The van der Waals surface area contributed by atoms with Gasteiger partial charge < -0.3 is 17.5 Å². The molecule has 2 rings (SSSR count). The average molecular weight is 281 g/mol. The summed E-state index contributed by atoms with van der Waals surface area (Å²) < 4.78 is 0. The van der Waals surface area contributed by atoms with Crippen molar-refractivity contribution >= 4 is 11.8 Å². The molecule has 0 unspecified atom stereocenters. The number of phenolic OH excluding ortho intramolecular Hbond substituents is 1. The van der Waals surface area contributed by atoms with Crippen molar-refractivity contribution in [1.82, 2.24) is 0 Å². The first-order valence-corrected chi connectivity index (χ1v) is 6.98. The Labute approximate surface area is 119 Å². The number of thiol groups is 1. The van der Waals surface area contributed by atoms with E-state index in [0.717, 1.165) is 11.5 Å². The largest absolute Gasteiger partial charge is 1.00 e. The van der Waals surface area contributed by atoms with Crippen molar-refractivity contribution in [2.45, 2.75) is 18.4 Å². The lowest BCUT2D eigenvalue weighted by Gasteiger charge is -2.02. The maximum Gasteiger partial charge on any atom is 0.131 e. The van der Waals surface area contributed by atoms with Crippen molar-refractivity contribution in [3.8, 4) is 5.75 Å². The zero-order valence-corrected chi connectivity index (χ0v) is 12.0.